The normalized spacial score (nSPS) is 26.0. The Morgan fingerprint density at radius 3 is 2.72 bits per heavy atom. The number of nitrogens with zero attached hydrogens (tertiary/aromatic N) is 1. The Morgan fingerprint density at radius 1 is 1.16 bits per heavy atom. The molecule has 6 heteroatoms. The van der Waals surface area contributed by atoms with Crippen molar-refractivity contribution < 1.29 is 18.3 Å². The summed E-state index contributed by atoms with van der Waals surface area (Å²) in [7, 11) is 0. The molecule has 1 fully saturated rings. The highest BCUT2D eigenvalue weighted by atomic mass is 19.1. The second-order valence-corrected chi connectivity index (χ2v) is 6.56. The summed E-state index contributed by atoms with van der Waals surface area (Å²) in [4.78, 5) is 14.3. The number of hydrogen-bond acceptors (Lipinski definition) is 3. The third-order valence-corrected chi connectivity index (χ3v) is 4.96. The van der Waals surface area contributed by atoms with E-state index in [2.05, 4.69) is 0 Å². The fourth-order valence-electron chi connectivity index (χ4n) is 3.69. The van der Waals surface area contributed by atoms with Crippen molar-refractivity contribution >= 4 is 5.91 Å². The van der Waals surface area contributed by atoms with Crippen LogP contribution in [0.25, 0.3) is 0 Å². The minimum Gasteiger partial charge on any atom is -0.370 e. The predicted molar refractivity (Wildman–Crippen MR) is 87.7 cm³/mol. The van der Waals surface area contributed by atoms with E-state index in [1.807, 2.05) is 24.3 Å². The van der Waals surface area contributed by atoms with Crippen LogP contribution in [0.15, 0.2) is 42.5 Å². The molecule has 0 aromatic heterocycles. The molecule has 25 heavy (non-hydrogen) atoms. The van der Waals surface area contributed by atoms with Gasteiger partial charge in [0.05, 0.1) is 12.6 Å². The molecule has 0 radical (unpaired) electrons. The molecule has 2 aromatic rings. The van der Waals surface area contributed by atoms with Crippen LogP contribution in [-0.4, -0.2) is 29.5 Å². The first-order chi connectivity index (χ1) is 12.0. The van der Waals surface area contributed by atoms with Crippen LogP contribution >= 0.6 is 0 Å². The zero-order valence-electron chi connectivity index (χ0n) is 13.5. The lowest BCUT2D eigenvalue weighted by molar-refractivity contribution is -0.0457. The average Bonchev–Trinajstić information content (AvgIpc) is 2.94. The van der Waals surface area contributed by atoms with Crippen LogP contribution in [0.4, 0.5) is 8.78 Å². The Balaban J connectivity index is 1.51. The fourth-order valence-corrected chi connectivity index (χ4v) is 3.69. The number of halogens is 2. The lowest BCUT2D eigenvalue weighted by Crippen LogP contribution is -2.49. The highest BCUT2D eigenvalue weighted by Crippen LogP contribution is 2.34. The Bertz CT molecular complexity index is 827. The molecule has 3 atom stereocenters. The van der Waals surface area contributed by atoms with E-state index in [1.54, 1.807) is 4.90 Å². The van der Waals surface area contributed by atoms with Gasteiger partial charge in [-0.25, -0.2) is 8.78 Å². The van der Waals surface area contributed by atoms with Crippen LogP contribution in [0.1, 0.15) is 34.0 Å². The molecule has 130 valence electrons. The van der Waals surface area contributed by atoms with E-state index in [0.717, 1.165) is 23.8 Å². The van der Waals surface area contributed by atoms with Crippen molar-refractivity contribution in [3.8, 4) is 0 Å². The summed E-state index contributed by atoms with van der Waals surface area (Å²) in [6, 6.07) is 10.1. The van der Waals surface area contributed by atoms with Crippen molar-refractivity contribution in [2.24, 2.45) is 5.73 Å². The van der Waals surface area contributed by atoms with Gasteiger partial charge in [-0.2, -0.15) is 0 Å². The monoisotopic (exact) mass is 344 g/mol. The molecular formula is C19H18F2N2O2. The van der Waals surface area contributed by atoms with Gasteiger partial charge in [0.15, 0.2) is 0 Å². The highest BCUT2D eigenvalue weighted by Gasteiger charge is 2.39. The topological polar surface area (TPSA) is 55.6 Å². The van der Waals surface area contributed by atoms with E-state index in [9.17, 15) is 13.6 Å². The zero-order valence-corrected chi connectivity index (χ0v) is 13.5. The largest absolute Gasteiger partial charge is 0.370 e. The first kappa shape index (κ1) is 16.2. The Morgan fingerprint density at radius 2 is 1.96 bits per heavy atom. The molecule has 2 heterocycles. The first-order valence-corrected chi connectivity index (χ1v) is 8.25. The molecule has 1 amide bonds. The number of nitrogens with two attached hydrogens (primary N) is 1. The maximum Gasteiger partial charge on any atom is 0.254 e. The van der Waals surface area contributed by atoms with Gasteiger partial charge in [-0.15, -0.1) is 0 Å². The summed E-state index contributed by atoms with van der Waals surface area (Å²) in [5, 5.41) is 0. The third-order valence-electron chi connectivity index (χ3n) is 4.96. The second kappa shape index (κ2) is 6.20. The van der Waals surface area contributed by atoms with Crippen LogP contribution < -0.4 is 5.73 Å². The lowest BCUT2D eigenvalue weighted by atomic mass is 9.93. The van der Waals surface area contributed by atoms with Gasteiger partial charge in [0, 0.05) is 23.7 Å². The summed E-state index contributed by atoms with van der Waals surface area (Å²) in [5.41, 5.74) is 8.00. The molecule has 4 rings (SSSR count). The highest BCUT2D eigenvalue weighted by molar-refractivity contribution is 5.98. The summed E-state index contributed by atoms with van der Waals surface area (Å²) in [5.74, 6) is -1.10. The standard InChI is InChI=1S/C19H18F2N2O2/c20-12-5-6-16(21)15(7-12)18-17(22)8-13(10-25-18)23-9-11-3-1-2-4-14(11)19(23)24/h1-7,13,17-18H,8-10,22H2/t13-,17?,18?/m1/s1. The number of rotatable bonds is 2. The summed E-state index contributed by atoms with van der Waals surface area (Å²) >= 11 is 0. The molecule has 1 saturated heterocycles. The fraction of sp³-hybridized carbons (Fsp3) is 0.316. The molecular weight excluding hydrogens is 326 g/mol. The SMILES string of the molecule is NC1C[C@@H](N2Cc3ccccc3C2=O)COC1c1cc(F)ccc1F. The van der Waals surface area contributed by atoms with Crippen LogP contribution in [0.5, 0.6) is 0 Å². The molecule has 0 spiro atoms. The van der Waals surface area contributed by atoms with E-state index in [0.29, 0.717) is 18.5 Å². The number of carbonyl (C=O) groups is 1. The molecule has 4 nitrogen and oxygen atoms in total. The smallest absolute Gasteiger partial charge is 0.254 e. The van der Waals surface area contributed by atoms with E-state index in [-0.39, 0.29) is 24.1 Å². The van der Waals surface area contributed by atoms with Gasteiger partial charge >= 0.3 is 0 Å². The maximum absolute atomic E-state index is 14.0. The van der Waals surface area contributed by atoms with E-state index in [1.165, 1.54) is 0 Å². The molecule has 2 aliphatic heterocycles. The van der Waals surface area contributed by atoms with E-state index in [4.69, 9.17) is 10.5 Å². The van der Waals surface area contributed by atoms with Crippen LogP contribution in [0.3, 0.4) is 0 Å². The van der Waals surface area contributed by atoms with Gasteiger partial charge in [0.1, 0.15) is 17.7 Å². The van der Waals surface area contributed by atoms with Crippen molar-refractivity contribution in [2.75, 3.05) is 6.61 Å². The van der Waals surface area contributed by atoms with Crippen molar-refractivity contribution in [3.63, 3.8) is 0 Å². The molecule has 2 aliphatic rings. The van der Waals surface area contributed by atoms with Gasteiger partial charge in [0.25, 0.3) is 5.91 Å². The Hall–Kier alpha value is -2.31. The summed E-state index contributed by atoms with van der Waals surface area (Å²) in [6.45, 7) is 0.767. The molecule has 2 unspecified atom stereocenters. The molecule has 2 aromatic carbocycles. The summed E-state index contributed by atoms with van der Waals surface area (Å²) < 4.78 is 33.2. The molecule has 0 aliphatic carbocycles. The van der Waals surface area contributed by atoms with Gasteiger partial charge in [0.2, 0.25) is 0 Å². The Labute approximate surface area is 144 Å². The Kier molecular flexibility index (Phi) is 4.01. The van der Waals surface area contributed by atoms with Crippen LogP contribution in [-0.2, 0) is 11.3 Å². The second-order valence-electron chi connectivity index (χ2n) is 6.56. The van der Waals surface area contributed by atoms with E-state index >= 15 is 0 Å². The molecule has 2 N–H and O–H groups in total. The van der Waals surface area contributed by atoms with Crippen LogP contribution in [0.2, 0.25) is 0 Å². The third kappa shape index (κ3) is 2.81. The number of carbonyl (C=O) groups excluding carboxylic acids is 1. The van der Waals surface area contributed by atoms with Gasteiger partial charge in [-0.3, -0.25) is 4.79 Å². The van der Waals surface area contributed by atoms with Crippen molar-refractivity contribution in [3.05, 3.63) is 70.8 Å². The molecule has 0 bridgehead atoms. The van der Waals surface area contributed by atoms with E-state index < -0.39 is 23.8 Å². The number of benzene rings is 2. The first-order valence-electron chi connectivity index (χ1n) is 8.25. The lowest BCUT2D eigenvalue weighted by Gasteiger charge is -2.38. The van der Waals surface area contributed by atoms with Gasteiger partial charge < -0.3 is 15.4 Å². The average molecular weight is 344 g/mol. The zero-order chi connectivity index (χ0) is 17.6. The van der Waals surface area contributed by atoms with Crippen molar-refractivity contribution in [1.29, 1.82) is 0 Å². The predicted octanol–water partition coefficient (Wildman–Crippen LogP) is 2.78. The minimum atomic E-state index is -0.716. The molecule has 0 saturated carbocycles. The van der Waals surface area contributed by atoms with Gasteiger partial charge in [-0.1, -0.05) is 18.2 Å². The maximum atomic E-state index is 14.0. The van der Waals surface area contributed by atoms with Crippen LogP contribution in [0, 0.1) is 11.6 Å². The number of hydrogen-bond donors (Lipinski definition) is 1. The van der Waals surface area contributed by atoms with Crippen molar-refractivity contribution in [1.82, 2.24) is 4.90 Å². The number of amides is 1. The van der Waals surface area contributed by atoms with Crippen molar-refractivity contribution in [2.45, 2.75) is 31.2 Å². The quantitative estimate of drug-likeness (QED) is 0.911. The number of fused-ring (bicyclic) bond motifs is 1. The number of ether oxygens (including phenoxy) is 1. The minimum absolute atomic E-state index is 0.0354. The summed E-state index contributed by atoms with van der Waals surface area (Å²) in [6.07, 6.45) is -0.243. The van der Waals surface area contributed by atoms with Gasteiger partial charge in [-0.05, 0) is 36.2 Å².